The molecule has 5 nitrogen and oxygen atoms in total. The summed E-state index contributed by atoms with van der Waals surface area (Å²) in [5, 5.41) is 12.6. The minimum absolute atomic E-state index is 0.00816. The highest BCUT2D eigenvalue weighted by Crippen LogP contribution is 2.52. The van der Waals surface area contributed by atoms with Gasteiger partial charge in [0, 0.05) is 10.5 Å². The quantitative estimate of drug-likeness (QED) is 0.775. The Morgan fingerprint density at radius 1 is 1.18 bits per heavy atom. The van der Waals surface area contributed by atoms with Crippen LogP contribution in [0.1, 0.15) is 16.8 Å². The van der Waals surface area contributed by atoms with Crippen LogP contribution in [0.2, 0.25) is 0 Å². The lowest BCUT2D eigenvalue weighted by Gasteiger charge is -2.11. The number of anilines is 1. The first-order valence-corrected chi connectivity index (χ1v) is 6.51. The monoisotopic (exact) mass is 376 g/mol. The molecular weight excluding hydrogens is 372 g/mol. The van der Waals surface area contributed by atoms with Crippen LogP contribution in [0.5, 0.6) is 0 Å². The smallest absolute Gasteiger partial charge is 0.384 e. The number of nitriles is 1. The molecule has 1 aromatic heterocycles. The predicted molar refractivity (Wildman–Crippen MR) is 69.3 cm³/mol. The number of nitrogen functional groups attached to an aromatic ring is 1. The van der Waals surface area contributed by atoms with Gasteiger partial charge in [-0.25, -0.2) is 9.42 Å². The van der Waals surface area contributed by atoms with Crippen molar-refractivity contribution in [2.45, 2.75) is 12.2 Å². The summed E-state index contributed by atoms with van der Waals surface area (Å²) in [6.07, 6.45) is -8.25. The minimum atomic E-state index is -4.14. The second kappa shape index (κ2) is 4.44. The molecule has 0 amide bonds. The van der Waals surface area contributed by atoms with Crippen LogP contribution in [0, 0.1) is 11.3 Å². The fraction of sp³-hybridized carbons (Fsp3) is 0.167. The van der Waals surface area contributed by atoms with Gasteiger partial charge in [-0.05, 0) is 28.1 Å². The van der Waals surface area contributed by atoms with Gasteiger partial charge in [-0.15, -0.1) is 0 Å². The Bertz CT molecular complexity index is 827. The molecule has 1 aliphatic rings. The molecule has 0 radical (unpaired) electrons. The van der Waals surface area contributed by atoms with Gasteiger partial charge in [-0.2, -0.15) is 27.9 Å². The number of hydrogen-bond donors (Lipinski definition) is 1. The van der Waals surface area contributed by atoms with Gasteiger partial charge in [0.25, 0.3) is 0 Å². The largest absolute Gasteiger partial charge is 0.388 e. The predicted octanol–water partition coefficient (Wildman–Crippen LogP) is 3.22. The SMILES string of the molecule is N#Cc1cc(N)n(-c2cc3c(cc2Br)C(F)(F)OC3(F)F)n1. The lowest BCUT2D eigenvalue weighted by atomic mass is 10.1. The van der Waals surface area contributed by atoms with Crippen LogP contribution in [-0.4, -0.2) is 9.78 Å². The standard InChI is InChI=1S/C12H5BrF4N4O/c13-8-2-6-7(12(16,17)22-11(6,14)15)3-9(8)21-10(19)1-5(4-18)20-21/h1-3H,19H2. The van der Waals surface area contributed by atoms with E-state index in [0.29, 0.717) is 0 Å². The molecule has 1 aromatic carbocycles. The molecule has 0 atom stereocenters. The van der Waals surface area contributed by atoms with E-state index >= 15 is 0 Å². The topological polar surface area (TPSA) is 76.9 Å². The van der Waals surface area contributed by atoms with E-state index in [9.17, 15) is 17.6 Å². The summed E-state index contributed by atoms with van der Waals surface area (Å²) in [5.74, 6) is -0.00816. The van der Waals surface area contributed by atoms with Crippen LogP contribution in [0.4, 0.5) is 23.4 Å². The Balaban J connectivity index is 2.25. The zero-order valence-electron chi connectivity index (χ0n) is 10.4. The zero-order valence-corrected chi connectivity index (χ0v) is 12.0. The van der Waals surface area contributed by atoms with Crippen molar-refractivity contribution in [3.8, 4) is 11.8 Å². The summed E-state index contributed by atoms with van der Waals surface area (Å²) in [6, 6.07) is 4.58. The average molecular weight is 377 g/mol. The third-order valence-corrected chi connectivity index (χ3v) is 3.69. The molecule has 0 unspecified atom stereocenters. The van der Waals surface area contributed by atoms with E-state index in [0.717, 1.165) is 16.8 Å². The third-order valence-electron chi connectivity index (χ3n) is 3.05. The normalized spacial score (nSPS) is 18.0. The van der Waals surface area contributed by atoms with Crippen molar-refractivity contribution in [3.63, 3.8) is 0 Å². The van der Waals surface area contributed by atoms with Crippen molar-refractivity contribution in [1.82, 2.24) is 9.78 Å². The van der Waals surface area contributed by atoms with Crippen molar-refractivity contribution in [1.29, 1.82) is 5.26 Å². The number of hydrogen-bond acceptors (Lipinski definition) is 4. The van der Waals surface area contributed by atoms with Gasteiger partial charge >= 0.3 is 12.2 Å². The summed E-state index contributed by atoms with van der Waals surface area (Å²) in [4.78, 5) is 0. The molecule has 114 valence electrons. The van der Waals surface area contributed by atoms with E-state index in [1.54, 1.807) is 6.07 Å². The van der Waals surface area contributed by atoms with Gasteiger partial charge in [0.2, 0.25) is 0 Å². The number of benzene rings is 1. The number of halogens is 5. The molecule has 10 heteroatoms. The molecule has 0 bridgehead atoms. The van der Waals surface area contributed by atoms with E-state index in [-0.39, 0.29) is 21.7 Å². The van der Waals surface area contributed by atoms with E-state index < -0.39 is 23.3 Å². The summed E-state index contributed by atoms with van der Waals surface area (Å²) >= 11 is 3.01. The summed E-state index contributed by atoms with van der Waals surface area (Å²) in [5.41, 5.74) is 3.66. The molecule has 0 fully saturated rings. The second-order valence-electron chi connectivity index (χ2n) is 4.46. The first-order chi connectivity index (χ1) is 10.2. The van der Waals surface area contributed by atoms with Crippen molar-refractivity contribution < 1.29 is 22.3 Å². The summed E-state index contributed by atoms with van der Waals surface area (Å²) in [6.45, 7) is 0. The Kier molecular flexibility index (Phi) is 2.99. The van der Waals surface area contributed by atoms with Crippen LogP contribution < -0.4 is 5.73 Å². The first-order valence-electron chi connectivity index (χ1n) is 5.72. The number of alkyl halides is 4. The Morgan fingerprint density at radius 3 is 2.32 bits per heavy atom. The van der Waals surface area contributed by atoms with Crippen molar-refractivity contribution in [2.24, 2.45) is 0 Å². The van der Waals surface area contributed by atoms with E-state index in [2.05, 4.69) is 25.8 Å². The van der Waals surface area contributed by atoms with E-state index in [1.807, 2.05) is 0 Å². The van der Waals surface area contributed by atoms with Crippen LogP contribution in [-0.2, 0) is 17.0 Å². The maximum atomic E-state index is 13.6. The third kappa shape index (κ3) is 2.05. The number of nitrogens with two attached hydrogens (primary N) is 1. The first kappa shape index (κ1) is 14.8. The fourth-order valence-corrected chi connectivity index (χ4v) is 2.63. The summed E-state index contributed by atoms with van der Waals surface area (Å²) in [7, 11) is 0. The molecule has 0 aliphatic carbocycles. The van der Waals surface area contributed by atoms with Crippen LogP contribution in [0.15, 0.2) is 22.7 Å². The highest BCUT2D eigenvalue weighted by Gasteiger charge is 2.57. The number of rotatable bonds is 1. The molecule has 0 saturated heterocycles. The second-order valence-corrected chi connectivity index (χ2v) is 5.32. The molecule has 2 heterocycles. The van der Waals surface area contributed by atoms with Gasteiger partial charge in [0.1, 0.15) is 11.9 Å². The van der Waals surface area contributed by atoms with Gasteiger partial charge < -0.3 is 5.73 Å². The van der Waals surface area contributed by atoms with Gasteiger partial charge in [0.05, 0.1) is 16.8 Å². The molecular formula is C12H5BrF4N4O. The summed E-state index contributed by atoms with van der Waals surface area (Å²) < 4.78 is 58.7. The van der Waals surface area contributed by atoms with Crippen molar-refractivity contribution in [2.75, 3.05) is 5.73 Å². The number of aromatic nitrogens is 2. The fourth-order valence-electron chi connectivity index (χ4n) is 2.12. The molecule has 1 aliphatic heterocycles. The molecule has 0 spiro atoms. The maximum Gasteiger partial charge on any atom is 0.388 e. The van der Waals surface area contributed by atoms with E-state index in [1.165, 1.54) is 6.07 Å². The van der Waals surface area contributed by atoms with Crippen LogP contribution >= 0.6 is 15.9 Å². The lowest BCUT2D eigenvalue weighted by molar-refractivity contribution is -0.369. The lowest BCUT2D eigenvalue weighted by Crippen LogP contribution is -2.17. The minimum Gasteiger partial charge on any atom is -0.384 e. The molecule has 2 N–H and O–H groups in total. The van der Waals surface area contributed by atoms with Crippen LogP contribution in [0.25, 0.3) is 5.69 Å². The number of fused-ring (bicyclic) bond motifs is 1. The van der Waals surface area contributed by atoms with Crippen molar-refractivity contribution >= 4 is 21.7 Å². The Hall–Kier alpha value is -2.12. The molecule has 22 heavy (non-hydrogen) atoms. The Morgan fingerprint density at radius 2 is 1.77 bits per heavy atom. The number of nitrogens with zero attached hydrogens (tertiary/aromatic N) is 3. The maximum absolute atomic E-state index is 13.6. The van der Waals surface area contributed by atoms with E-state index in [4.69, 9.17) is 11.0 Å². The van der Waals surface area contributed by atoms with Crippen LogP contribution in [0.3, 0.4) is 0 Å². The molecule has 0 saturated carbocycles. The highest BCUT2D eigenvalue weighted by atomic mass is 79.9. The Labute approximate surface area is 129 Å². The van der Waals surface area contributed by atoms with Gasteiger partial charge in [0.15, 0.2) is 5.69 Å². The van der Waals surface area contributed by atoms with Crippen molar-refractivity contribution in [3.05, 3.63) is 39.5 Å². The van der Waals surface area contributed by atoms with Gasteiger partial charge in [-0.3, -0.25) is 0 Å². The van der Waals surface area contributed by atoms with Gasteiger partial charge in [-0.1, -0.05) is 0 Å². The average Bonchev–Trinajstić information content (AvgIpc) is 2.85. The number of ether oxygens (including phenoxy) is 1. The highest BCUT2D eigenvalue weighted by molar-refractivity contribution is 9.10. The zero-order chi connectivity index (χ0) is 16.3. The molecule has 2 aromatic rings. The molecule has 3 rings (SSSR count).